The fraction of sp³-hybridized carbons (Fsp3) is 0.250. The van der Waals surface area contributed by atoms with E-state index in [0.717, 1.165) is 16.8 Å². The zero-order valence-electron chi connectivity index (χ0n) is 16.9. The number of carbonyl (C=O) groups excluding carboxylic acids is 2. The van der Waals surface area contributed by atoms with Gasteiger partial charge in [-0.25, -0.2) is 4.79 Å². The predicted molar refractivity (Wildman–Crippen MR) is 112 cm³/mol. The molecule has 0 unspecified atom stereocenters. The molecule has 1 amide bonds. The summed E-state index contributed by atoms with van der Waals surface area (Å²) in [4.78, 5) is 27.3. The number of ether oxygens (including phenoxy) is 1. The quantitative estimate of drug-likeness (QED) is 0.558. The molecule has 0 saturated carbocycles. The van der Waals surface area contributed by atoms with Crippen LogP contribution in [0.25, 0.3) is 6.08 Å². The van der Waals surface area contributed by atoms with Gasteiger partial charge in [0.15, 0.2) is 0 Å². The molecule has 0 atom stereocenters. The SMILES string of the molecule is COC(=O)C1=C(C)N(c2ccc(C(C)C)cc2)C(=O)/C1=C\c1cccc(C)c1. The van der Waals surface area contributed by atoms with Gasteiger partial charge in [-0.05, 0) is 49.1 Å². The van der Waals surface area contributed by atoms with Gasteiger partial charge in [-0.3, -0.25) is 9.69 Å². The van der Waals surface area contributed by atoms with Crippen molar-refractivity contribution in [1.82, 2.24) is 0 Å². The molecular formula is C24H25NO3. The summed E-state index contributed by atoms with van der Waals surface area (Å²) < 4.78 is 4.96. The van der Waals surface area contributed by atoms with Crippen molar-refractivity contribution in [2.45, 2.75) is 33.6 Å². The van der Waals surface area contributed by atoms with E-state index in [9.17, 15) is 9.59 Å². The summed E-state index contributed by atoms with van der Waals surface area (Å²) in [6.07, 6.45) is 1.76. The lowest BCUT2D eigenvalue weighted by molar-refractivity contribution is -0.136. The Morgan fingerprint density at radius 3 is 2.32 bits per heavy atom. The van der Waals surface area contributed by atoms with Gasteiger partial charge in [0, 0.05) is 11.4 Å². The maximum atomic E-state index is 13.3. The Balaban J connectivity index is 2.09. The molecule has 2 aromatic rings. The maximum Gasteiger partial charge on any atom is 0.340 e. The van der Waals surface area contributed by atoms with Gasteiger partial charge in [0.2, 0.25) is 0 Å². The van der Waals surface area contributed by atoms with Crippen molar-refractivity contribution >= 4 is 23.6 Å². The van der Waals surface area contributed by atoms with Crippen LogP contribution in [-0.4, -0.2) is 19.0 Å². The van der Waals surface area contributed by atoms with E-state index in [2.05, 4.69) is 13.8 Å². The van der Waals surface area contributed by atoms with Crippen LogP contribution >= 0.6 is 0 Å². The van der Waals surface area contributed by atoms with Gasteiger partial charge in [-0.1, -0.05) is 55.8 Å². The second-order valence-corrected chi connectivity index (χ2v) is 7.31. The lowest BCUT2D eigenvalue weighted by atomic mass is 10.0. The number of methoxy groups -OCH3 is 1. The molecule has 2 aromatic carbocycles. The first-order chi connectivity index (χ1) is 13.3. The van der Waals surface area contributed by atoms with Gasteiger partial charge in [0.1, 0.15) is 0 Å². The van der Waals surface area contributed by atoms with Crippen molar-refractivity contribution in [1.29, 1.82) is 0 Å². The summed E-state index contributed by atoms with van der Waals surface area (Å²) in [5.74, 6) is -0.329. The molecule has 4 heteroatoms. The molecular weight excluding hydrogens is 350 g/mol. The van der Waals surface area contributed by atoms with Crippen LogP contribution in [0.2, 0.25) is 0 Å². The monoisotopic (exact) mass is 375 g/mol. The van der Waals surface area contributed by atoms with Gasteiger partial charge in [-0.2, -0.15) is 0 Å². The Kier molecular flexibility index (Phi) is 5.50. The highest BCUT2D eigenvalue weighted by atomic mass is 16.5. The van der Waals surface area contributed by atoms with Crippen LogP contribution < -0.4 is 4.90 Å². The van der Waals surface area contributed by atoms with Crippen LogP contribution in [0.4, 0.5) is 5.69 Å². The molecule has 4 nitrogen and oxygen atoms in total. The van der Waals surface area contributed by atoms with E-state index in [1.807, 2.05) is 55.5 Å². The van der Waals surface area contributed by atoms with Crippen LogP contribution in [0.1, 0.15) is 43.4 Å². The fourth-order valence-corrected chi connectivity index (χ4v) is 3.43. The number of hydrogen-bond donors (Lipinski definition) is 0. The van der Waals surface area contributed by atoms with E-state index in [1.165, 1.54) is 12.7 Å². The molecule has 1 heterocycles. The molecule has 0 N–H and O–H groups in total. The lowest BCUT2D eigenvalue weighted by Gasteiger charge is -2.19. The highest BCUT2D eigenvalue weighted by molar-refractivity contribution is 6.23. The fourth-order valence-electron chi connectivity index (χ4n) is 3.43. The third-order valence-corrected chi connectivity index (χ3v) is 4.96. The van der Waals surface area contributed by atoms with E-state index >= 15 is 0 Å². The first kappa shape index (κ1) is 19.6. The third-order valence-electron chi connectivity index (χ3n) is 4.96. The molecule has 28 heavy (non-hydrogen) atoms. The van der Waals surface area contributed by atoms with Crippen molar-refractivity contribution in [3.8, 4) is 0 Å². The number of nitrogens with zero attached hydrogens (tertiary/aromatic N) is 1. The van der Waals surface area contributed by atoms with Crippen LogP contribution in [-0.2, 0) is 14.3 Å². The molecule has 0 fully saturated rings. The number of anilines is 1. The molecule has 0 aromatic heterocycles. The standard InChI is InChI=1S/C24H25NO3/c1-15(2)19-9-11-20(12-10-19)25-17(4)22(24(27)28-5)21(23(25)26)14-18-8-6-7-16(3)13-18/h6-15H,1-5H3/b21-14-. The summed E-state index contributed by atoms with van der Waals surface area (Å²) in [7, 11) is 1.33. The highest BCUT2D eigenvalue weighted by Gasteiger charge is 2.37. The Hall–Kier alpha value is -3.14. The zero-order valence-corrected chi connectivity index (χ0v) is 16.9. The smallest absolute Gasteiger partial charge is 0.340 e. The van der Waals surface area contributed by atoms with Gasteiger partial charge < -0.3 is 4.74 Å². The number of carbonyl (C=O) groups is 2. The van der Waals surface area contributed by atoms with E-state index in [0.29, 0.717) is 22.8 Å². The Labute approximate surface area is 166 Å². The van der Waals surface area contributed by atoms with Gasteiger partial charge in [0.05, 0.1) is 18.3 Å². The minimum absolute atomic E-state index is 0.225. The molecule has 1 aliphatic rings. The number of hydrogen-bond acceptors (Lipinski definition) is 3. The van der Waals surface area contributed by atoms with Crippen LogP contribution in [0, 0.1) is 6.92 Å². The van der Waals surface area contributed by atoms with Crippen LogP contribution in [0.15, 0.2) is 65.4 Å². The predicted octanol–water partition coefficient (Wildman–Crippen LogP) is 5.00. The number of allylic oxidation sites excluding steroid dienone is 1. The van der Waals surface area contributed by atoms with E-state index in [-0.39, 0.29) is 5.91 Å². The number of aryl methyl sites for hydroxylation is 1. The van der Waals surface area contributed by atoms with Gasteiger partial charge in [0.25, 0.3) is 5.91 Å². The van der Waals surface area contributed by atoms with Crippen molar-refractivity contribution in [3.05, 3.63) is 82.1 Å². The first-order valence-electron chi connectivity index (χ1n) is 9.35. The van der Waals surface area contributed by atoms with E-state index < -0.39 is 5.97 Å². The minimum atomic E-state index is -0.508. The molecule has 0 spiro atoms. The maximum absolute atomic E-state index is 13.3. The molecule has 3 rings (SSSR count). The average molecular weight is 375 g/mol. The number of esters is 1. The van der Waals surface area contributed by atoms with Crippen LogP contribution in [0.5, 0.6) is 0 Å². The summed E-state index contributed by atoms with van der Waals surface area (Å²) in [5.41, 5.74) is 5.12. The Morgan fingerprint density at radius 1 is 1.07 bits per heavy atom. The first-order valence-corrected chi connectivity index (χ1v) is 9.35. The van der Waals surface area contributed by atoms with Crippen molar-refractivity contribution in [2.75, 3.05) is 12.0 Å². The lowest BCUT2D eigenvalue weighted by Crippen LogP contribution is -2.24. The molecule has 0 saturated heterocycles. The normalized spacial score (nSPS) is 15.7. The van der Waals surface area contributed by atoms with Gasteiger partial charge in [-0.15, -0.1) is 0 Å². The summed E-state index contributed by atoms with van der Waals surface area (Å²) in [6.45, 7) is 8.01. The molecule has 0 radical (unpaired) electrons. The Morgan fingerprint density at radius 2 is 1.75 bits per heavy atom. The minimum Gasteiger partial charge on any atom is -0.465 e. The number of benzene rings is 2. The summed E-state index contributed by atoms with van der Waals surface area (Å²) in [6, 6.07) is 15.7. The van der Waals surface area contributed by atoms with Crippen LogP contribution in [0.3, 0.4) is 0 Å². The van der Waals surface area contributed by atoms with E-state index in [1.54, 1.807) is 17.9 Å². The number of rotatable bonds is 4. The van der Waals surface area contributed by atoms with Crippen molar-refractivity contribution in [2.24, 2.45) is 0 Å². The zero-order chi connectivity index (χ0) is 20.4. The number of amides is 1. The highest BCUT2D eigenvalue weighted by Crippen LogP contribution is 2.36. The average Bonchev–Trinajstić information content (AvgIpc) is 2.91. The van der Waals surface area contributed by atoms with Crippen molar-refractivity contribution in [3.63, 3.8) is 0 Å². The summed E-state index contributed by atoms with van der Waals surface area (Å²) in [5, 5.41) is 0. The second-order valence-electron chi connectivity index (χ2n) is 7.31. The van der Waals surface area contributed by atoms with Crippen molar-refractivity contribution < 1.29 is 14.3 Å². The molecule has 0 bridgehead atoms. The summed E-state index contributed by atoms with van der Waals surface area (Å²) >= 11 is 0. The van der Waals surface area contributed by atoms with Gasteiger partial charge >= 0.3 is 5.97 Å². The topological polar surface area (TPSA) is 46.6 Å². The Bertz CT molecular complexity index is 981. The molecule has 144 valence electrons. The molecule has 1 aliphatic heterocycles. The van der Waals surface area contributed by atoms with E-state index in [4.69, 9.17) is 4.74 Å². The second kappa shape index (κ2) is 7.85. The third kappa shape index (κ3) is 3.63. The largest absolute Gasteiger partial charge is 0.465 e. The molecule has 0 aliphatic carbocycles.